The minimum atomic E-state index is 0.336. The van der Waals surface area contributed by atoms with Crippen LogP contribution in [0.5, 0.6) is 0 Å². The highest BCUT2D eigenvalue weighted by Crippen LogP contribution is 2.78. The van der Waals surface area contributed by atoms with E-state index in [2.05, 4.69) is 90.0 Å². The lowest BCUT2D eigenvalue weighted by atomic mass is 9.34. The summed E-state index contributed by atoms with van der Waals surface area (Å²) in [4.78, 5) is 1.48. The van der Waals surface area contributed by atoms with E-state index in [-0.39, 0.29) is 0 Å². The molecule has 4 fully saturated rings. The second-order valence-corrected chi connectivity index (χ2v) is 17.1. The monoisotopic (exact) mass is 561 g/mol. The highest BCUT2D eigenvalue weighted by molar-refractivity contribution is 7.80. The third kappa shape index (κ3) is 5.26. The molecule has 39 heavy (non-hydrogen) atoms. The summed E-state index contributed by atoms with van der Waals surface area (Å²) in [6.07, 6.45) is 14.9. The smallest absolute Gasteiger partial charge is 0.00204 e. The Balaban J connectivity index is 0.000000998. The maximum atomic E-state index is 6.56. The van der Waals surface area contributed by atoms with Crippen LogP contribution >= 0.6 is 12.2 Å². The third-order valence-electron chi connectivity index (χ3n) is 14.7. The molecule has 0 radical (unpaired) electrons. The molecule has 0 aromatic carbocycles. The van der Waals surface area contributed by atoms with E-state index in [0.29, 0.717) is 38.4 Å². The lowest BCUT2D eigenvalue weighted by molar-refractivity contribution is -0.195. The van der Waals surface area contributed by atoms with Crippen molar-refractivity contribution in [2.75, 3.05) is 0 Å². The Bertz CT molecular complexity index is 827. The van der Waals surface area contributed by atoms with Crippen LogP contribution < -0.4 is 0 Å². The Hall–Kier alpha value is 0.0900. The van der Waals surface area contributed by atoms with Gasteiger partial charge in [-0.3, -0.25) is 0 Å². The maximum absolute atomic E-state index is 6.56. The summed E-state index contributed by atoms with van der Waals surface area (Å²) in [5, 5.41) is 0. The van der Waals surface area contributed by atoms with Crippen molar-refractivity contribution < 1.29 is 0 Å². The van der Waals surface area contributed by atoms with Crippen LogP contribution in [0.1, 0.15) is 174 Å². The Morgan fingerprint density at radius 1 is 0.846 bits per heavy atom. The predicted octanol–water partition coefficient (Wildman–Crippen LogP) is 13.0. The van der Waals surface area contributed by atoms with Crippen LogP contribution in [0.3, 0.4) is 0 Å². The lowest BCUT2D eigenvalue weighted by Crippen LogP contribution is -2.65. The highest BCUT2D eigenvalue weighted by atomic mass is 32.1. The summed E-state index contributed by atoms with van der Waals surface area (Å²) in [7, 11) is 0. The fourth-order valence-corrected chi connectivity index (χ4v) is 12.1. The molecule has 1 heteroatoms. The molecule has 0 aromatic rings. The molecule has 0 N–H and O–H groups in total. The second kappa shape index (κ2) is 12.4. The van der Waals surface area contributed by atoms with Gasteiger partial charge in [0.05, 0.1) is 0 Å². The van der Waals surface area contributed by atoms with Gasteiger partial charge in [-0.05, 0) is 112 Å². The van der Waals surface area contributed by atoms with Gasteiger partial charge in [0.1, 0.15) is 0 Å². The first kappa shape index (κ1) is 35.3. The van der Waals surface area contributed by atoms with Crippen molar-refractivity contribution in [1.82, 2.24) is 0 Å². The summed E-state index contributed by atoms with van der Waals surface area (Å²) < 4.78 is 0. The zero-order valence-electron chi connectivity index (χ0n) is 29.6. The molecule has 0 spiro atoms. The van der Waals surface area contributed by atoms with Gasteiger partial charge in [-0.2, -0.15) is 0 Å². The Labute approximate surface area is 253 Å². The van der Waals surface area contributed by atoms with Crippen molar-refractivity contribution in [2.24, 2.45) is 62.1 Å². The molecule has 0 heterocycles. The summed E-state index contributed by atoms with van der Waals surface area (Å²) in [5.41, 5.74) is 2.39. The van der Waals surface area contributed by atoms with E-state index in [1.165, 1.54) is 75.5 Å². The average molecular weight is 561 g/mol. The van der Waals surface area contributed by atoms with Crippen molar-refractivity contribution in [3.8, 4) is 0 Å². The molecule has 0 saturated heterocycles. The SMILES string of the molecule is CC.CCC.CCC(C)CC(C)(CC)C1(C)CCC2(C)C1C(=S)CC1C3(C)CCC(C)C(C)(C)C3CCC12C. The van der Waals surface area contributed by atoms with Crippen molar-refractivity contribution in [3.63, 3.8) is 0 Å². The predicted molar refractivity (Wildman–Crippen MR) is 181 cm³/mol. The Kier molecular flexibility index (Phi) is 11.2. The van der Waals surface area contributed by atoms with Gasteiger partial charge in [0.2, 0.25) is 0 Å². The lowest BCUT2D eigenvalue weighted by Gasteiger charge is -2.71. The van der Waals surface area contributed by atoms with Crippen molar-refractivity contribution in [1.29, 1.82) is 0 Å². The zero-order chi connectivity index (χ0) is 30.2. The molecule has 10 atom stereocenters. The first-order chi connectivity index (χ1) is 18.0. The van der Waals surface area contributed by atoms with E-state index >= 15 is 0 Å². The summed E-state index contributed by atoms with van der Waals surface area (Å²) in [6.45, 7) is 36.8. The summed E-state index contributed by atoms with van der Waals surface area (Å²) in [6, 6.07) is 0. The number of rotatable bonds is 5. The molecule has 0 amide bonds. The Morgan fingerprint density at radius 2 is 1.41 bits per heavy atom. The van der Waals surface area contributed by atoms with Crippen molar-refractivity contribution >= 4 is 17.1 Å². The first-order valence-electron chi connectivity index (χ1n) is 17.5. The average Bonchev–Trinajstić information content (AvgIpc) is 3.19. The maximum Gasteiger partial charge on any atom is 0.00204 e. The van der Waals surface area contributed by atoms with E-state index in [0.717, 1.165) is 23.7 Å². The minimum absolute atomic E-state index is 0.336. The minimum Gasteiger partial charge on any atom is -0.0893 e. The van der Waals surface area contributed by atoms with Crippen LogP contribution in [0.4, 0.5) is 0 Å². The summed E-state index contributed by atoms with van der Waals surface area (Å²) in [5.74, 6) is 3.87. The quantitative estimate of drug-likeness (QED) is 0.301. The molecular formula is C38H72S. The van der Waals surface area contributed by atoms with Gasteiger partial charge < -0.3 is 0 Å². The molecule has 0 bridgehead atoms. The van der Waals surface area contributed by atoms with Crippen LogP contribution in [-0.4, -0.2) is 4.86 Å². The van der Waals surface area contributed by atoms with E-state index in [9.17, 15) is 0 Å². The first-order valence-corrected chi connectivity index (χ1v) is 17.9. The number of fused-ring (bicyclic) bond motifs is 5. The fourth-order valence-electron chi connectivity index (χ4n) is 11.4. The standard InChI is InChI=1S/C33H58S.C3H8.C2H6/c1-12-22(3)21-29(7,13-2)32(10)18-19-33(11)27(32)24(34)20-26-30(8)16-14-23(4)28(5,6)25(30)15-17-31(26,33)9;1-3-2;1-2/h22-23,25-27H,12-21H2,1-11H3;3H2,1-2H3;1-2H3. The van der Waals surface area contributed by atoms with Crippen molar-refractivity contribution in [3.05, 3.63) is 0 Å². The highest BCUT2D eigenvalue weighted by Gasteiger charge is 2.72. The second-order valence-electron chi connectivity index (χ2n) is 16.6. The largest absolute Gasteiger partial charge is 0.0893 e. The molecule has 10 unspecified atom stereocenters. The molecule has 4 aliphatic carbocycles. The van der Waals surface area contributed by atoms with Gasteiger partial charge in [-0.25, -0.2) is 0 Å². The van der Waals surface area contributed by atoms with Gasteiger partial charge in [0.25, 0.3) is 0 Å². The normalized spacial score (nSPS) is 44.7. The molecule has 0 nitrogen and oxygen atoms in total. The number of thiocarbonyl (C=S) groups is 1. The zero-order valence-corrected chi connectivity index (χ0v) is 30.4. The molecule has 0 aromatic heterocycles. The van der Waals surface area contributed by atoms with E-state index in [1.54, 1.807) is 0 Å². The van der Waals surface area contributed by atoms with Crippen LogP contribution in [0.2, 0.25) is 0 Å². The van der Waals surface area contributed by atoms with Gasteiger partial charge in [-0.1, -0.05) is 135 Å². The van der Waals surface area contributed by atoms with Gasteiger partial charge in [0.15, 0.2) is 0 Å². The number of hydrogen-bond acceptors (Lipinski definition) is 1. The van der Waals surface area contributed by atoms with E-state index in [1.807, 2.05) is 13.8 Å². The van der Waals surface area contributed by atoms with E-state index in [4.69, 9.17) is 12.2 Å². The van der Waals surface area contributed by atoms with Crippen LogP contribution in [0, 0.1) is 62.1 Å². The van der Waals surface area contributed by atoms with Crippen molar-refractivity contribution in [2.45, 2.75) is 174 Å². The number of hydrogen-bond donors (Lipinski definition) is 0. The summed E-state index contributed by atoms with van der Waals surface area (Å²) >= 11 is 6.56. The fraction of sp³-hybridized carbons (Fsp3) is 0.974. The molecule has 0 aliphatic heterocycles. The third-order valence-corrected chi connectivity index (χ3v) is 15.1. The van der Waals surface area contributed by atoms with Gasteiger partial charge in [0, 0.05) is 5.92 Å². The topological polar surface area (TPSA) is 0 Å². The van der Waals surface area contributed by atoms with Gasteiger partial charge >= 0.3 is 0 Å². The molecule has 4 rings (SSSR count). The Morgan fingerprint density at radius 3 is 1.92 bits per heavy atom. The van der Waals surface area contributed by atoms with Crippen LogP contribution in [0.25, 0.3) is 0 Å². The van der Waals surface area contributed by atoms with Crippen LogP contribution in [0.15, 0.2) is 0 Å². The van der Waals surface area contributed by atoms with Gasteiger partial charge in [-0.15, -0.1) is 0 Å². The molecule has 4 saturated carbocycles. The molecule has 4 aliphatic rings. The van der Waals surface area contributed by atoms with E-state index < -0.39 is 0 Å². The van der Waals surface area contributed by atoms with Crippen LogP contribution in [-0.2, 0) is 0 Å². The molecular weight excluding hydrogens is 488 g/mol. The molecule has 230 valence electrons.